The molecule has 1 amide bonds. The van der Waals surface area contributed by atoms with E-state index in [1.807, 2.05) is 12.1 Å². The van der Waals surface area contributed by atoms with Crippen LogP contribution >= 0.6 is 0 Å². The van der Waals surface area contributed by atoms with Gasteiger partial charge in [0.2, 0.25) is 5.91 Å². The van der Waals surface area contributed by atoms with E-state index >= 15 is 0 Å². The number of carbonyl (C=O) groups excluding carboxylic acids is 1. The van der Waals surface area contributed by atoms with Gasteiger partial charge >= 0.3 is 0 Å². The minimum absolute atomic E-state index is 0.311. The third-order valence-corrected chi connectivity index (χ3v) is 3.00. The van der Waals surface area contributed by atoms with Crippen molar-refractivity contribution in [3.63, 3.8) is 0 Å². The quantitative estimate of drug-likeness (QED) is 0.812. The van der Waals surface area contributed by atoms with Gasteiger partial charge in [-0.3, -0.25) is 4.79 Å². The molecule has 0 atom stereocenters. The van der Waals surface area contributed by atoms with E-state index in [1.54, 1.807) is 0 Å². The molecule has 88 valence electrons. The Labute approximate surface area is 97.9 Å². The topological polar surface area (TPSA) is 43.1 Å². The van der Waals surface area contributed by atoms with Gasteiger partial charge in [-0.05, 0) is 42.5 Å². The summed E-state index contributed by atoms with van der Waals surface area (Å²) in [5.41, 5.74) is 9.83. The normalized spacial score (nSPS) is 10.4. The maximum Gasteiger partial charge on any atom is 0.248 e. The van der Waals surface area contributed by atoms with Crippen molar-refractivity contribution in [2.75, 3.05) is 0 Å². The van der Waals surface area contributed by atoms with E-state index < -0.39 is 0 Å². The number of hydrogen-bond acceptors (Lipinski definition) is 1. The number of aryl methyl sites for hydroxylation is 1. The number of carbonyl (C=O) groups is 1. The number of hydrogen-bond donors (Lipinski definition) is 1. The van der Waals surface area contributed by atoms with Crippen molar-refractivity contribution < 1.29 is 4.79 Å². The number of amides is 1. The molecule has 1 aromatic carbocycles. The van der Waals surface area contributed by atoms with E-state index in [0.29, 0.717) is 5.56 Å². The number of benzene rings is 1. The second-order valence-electron chi connectivity index (χ2n) is 4.24. The Balaban J connectivity index is 3.23. The standard InChI is InChI=1S/C14H21NO/c1-4-6-11-8-9-13(14(15)16)12(7-5-2)10(11)3/h8-9H,4-7H2,1-3H3,(H2,15,16). The molecule has 2 nitrogen and oxygen atoms in total. The first kappa shape index (κ1) is 12.8. The molecule has 0 aliphatic heterocycles. The largest absolute Gasteiger partial charge is 0.366 e. The Kier molecular flexibility index (Phi) is 4.53. The predicted molar refractivity (Wildman–Crippen MR) is 67.7 cm³/mol. The average Bonchev–Trinajstić information content (AvgIpc) is 2.24. The summed E-state index contributed by atoms with van der Waals surface area (Å²) in [6.07, 6.45) is 4.17. The van der Waals surface area contributed by atoms with E-state index in [-0.39, 0.29) is 5.91 Å². The van der Waals surface area contributed by atoms with Crippen LogP contribution in [0.25, 0.3) is 0 Å². The fourth-order valence-corrected chi connectivity index (χ4v) is 2.15. The minimum atomic E-state index is -0.311. The van der Waals surface area contributed by atoms with Gasteiger partial charge in [0.15, 0.2) is 0 Å². The molecule has 0 spiro atoms. The van der Waals surface area contributed by atoms with Crippen molar-refractivity contribution in [3.8, 4) is 0 Å². The molecule has 0 aliphatic rings. The SMILES string of the molecule is CCCc1ccc(C(N)=O)c(CCC)c1C. The van der Waals surface area contributed by atoms with E-state index in [0.717, 1.165) is 31.2 Å². The fraction of sp³-hybridized carbons (Fsp3) is 0.500. The zero-order chi connectivity index (χ0) is 12.1. The van der Waals surface area contributed by atoms with Crippen molar-refractivity contribution in [2.45, 2.75) is 46.5 Å². The molecular formula is C14H21NO. The first-order valence-corrected chi connectivity index (χ1v) is 6.02. The summed E-state index contributed by atoms with van der Waals surface area (Å²) in [4.78, 5) is 11.3. The van der Waals surface area contributed by atoms with Crippen molar-refractivity contribution in [2.24, 2.45) is 5.73 Å². The Hall–Kier alpha value is -1.31. The molecule has 2 N–H and O–H groups in total. The maximum absolute atomic E-state index is 11.3. The Morgan fingerprint density at radius 2 is 1.81 bits per heavy atom. The summed E-state index contributed by atoms with van der Waals surface area (Å²) < 4.78 is 0. The Morgan fingerprint density at radius 3 is 2.31 bits per heavy atom. The molecule has 0 aliphatic carbocycles. The van der Waals surface area contributed by atoms with Gasteiger partial charge in [0, 0.05) is 5.56 Å². The molecule has 0 heterocycles. The second kappa shape index (κ2) is 5.69. The minimum Gasteiger partial charge on any atom is -0.366 e. The van der Waals surface area contributed by atoms with Crippen LogP contribution in [0.15, 0.2) is 12.1 Å². The highest BCUT2D eigenvalue weighted by Gasteiger charge is 2.12. The van der Waals surface area contributed by atoms with Crippen LogP contribution in [0.5, 0.6) is 0 Å². The highest BCUT2D eigenvalue weighted by molar-refractivity contribution is 5.94. The molecule has 0 unspecified atom stereocenters. The Morgan fingerprint density at radius 1 is 1.19 bits per heavy atom. The molecule has 1 aromatic rings. The molecular weight excluding hydrogens is 198 g/mol. The van der Waals surface area contributed by atoms with E-state index in [9.17, 15) is 4.79 Å². The van der Waals surface area contributed by atoms with E-state index in [2.05, 4.69) is 20.8 Å². The maximum atomic E-state index is 11.3. The lowest BCUT2D eigenvalue weighted by molar-refractivity contribution is 0.0999. The molecule has 16 heavy (non-hydrogen) atoms. The molecule has 0 bridgehead atoms. The van der Waals surface area contributed by atoms with Crippen molar-refractivity contribution >= 4 is 5.91 Å². The van der Waals surface area contributed by atoms with Gasteiger partial charge in [-0.25, -0.2) is 0 Å². The zero-order valence-electron chi connectivity index (χ0n) is 10.5. The lowest BCUT2D eigenvalue weighted by Gasteiger charge is -2.13. The monoisotopic (exact) mass is 219 g/mol. The molecule has 1 rings (SSSR count). The molecule has 0 fully saturated rings. The van der Waals surface area contributed by atoms with Crippen LogP contribution in [-0.4, -0.2) is 5.91 Å². The molecule has 0 saturated carbocycles. The summed E-state index contributed by atoms with van der Waals surface area (Å²) in [7, 11) is 0. The van der Waals surface area contributed by atoms with Gasteiger partial charge < -0.3 is 5.73 Å². The van der Waals surface area contributed by atoms with Crippen molar-refractivity contribution in [3.05, 3.63) is 34.4 Å². The Bertz CT molecular complexity index is 383. The third kappa shape index (κ3) is 2.63. The third-order valence-electron chi connectivity index (χ3n) is 3.00. The number of nitrogens with two attached hydrogens (primary N) is 1. The smallest absolute Gasteiger partial charge is 0.248 e. The van der Waals surface area contributed by atoms with Gasteiger partial charge in [-0.2, -0.15) is 0 Å². The van der Waals surface area contributed by atoms with Gasteiger partial charge in [-0.1, -0.05) is 32.8 Å². The highest BCUT2D eigenvalue weighted by Crippen LogP contribution is 2.21. The van der Waals surface area contributed by atoms with E-state index in [4.69, 9.17) is 5.73 Å². The first-order chi connectivity index (χ1) is 7.61. The van der Waals surface area contributed by atoms with Gasteiger partial charge in [0.25, 0.3) is 0 Å². The summed E-state index contributed by atoms with van der Waals surface area (Å²) in [5, 5.41) is 0. The number of rotatable bonds is 5. The average molecular weight is 219 g/mol. The van der Waals surface area contributed by atoms with Gasteiger partial charge in [0.1, 0.15) is 0 Å². The van der Waals surface area contributed by atoms with Crippen molar-refractivity contribution in [1.29, 1.82) is 0 Å². The lowest BCUT2D eigenvalue weighted by atomic mass is 9.92. The van der Waals surface area contributed by atoms with E-state index in [1.165, 1.54) is 11.1 Å². The summed E-state index contributed by atoms with van der Waals surface area (Å²) in [6.45, 7) is 6.39. The summed E-state index contributed by atoms with van der Waals surface area (Å²) >= 11 is 0. The van der Waals surface area contributed by atoms with Crippen LogP contribution < -0.4 is 5.73 Å². The van der Waals surface area contributed by atoms with Crippen LogP contribution in [0.2, 0.25) is 0 Å². The number of primary amides is 1. The van der Waals surface area contributed by atoms with Crippen LogP contribution in [0.3, 0.4) is 0 Å². The molecule has 2 heteroatoms. The van der Waals surface area contributed by atoms with Crippen LogP contribution in [-0.2, 0) is 12.8 Å². The van der Waals surface area contributed by atoms with Crippen LogP contribution in [0.1, 0.15) is 53.7 Å². The second-order valence-corrected chi connectivity index (χ2v) is 4.24. The highest BCUT2D eigenvalue weighted by atomic mass is 16.1. The zero-order valence-corrected chi connectivity index (χ0v) is 10.5. The molecule has 0 aromatic heterocycles. The van der Waals surface area contributed by atoms with Crippen molar-refractivity contribution in [1.82, 2.24) is 0 Å². The lowest BCUT2D eigenvalue weighted by Crippen LogP contribution is -2.15. The predicted octanol–water partition coefficient (Wildman–Crippen LogP) is 3.00. The fourth-order valence-electron chi connectivity index (χ4n) is 2.15. The molecule has 0 radical (unpaired) electrons. The summed E-state index contributed by atoms with van der Waals surface area (Å²) in [5.74, 6) is -0.311. The van der Waals surface area contributed by atoms with Crippen LogP contribution in [0.4, 0.5) is 0 Å². The van der Waals surface area contributed by atoms with Gasteiger partial charge in [0.05, 0.1) is 0 Å². The van der Waals surface area contributed by atoms with Gasteiger partial charge in [-0.15, -0.1) is 0 Å². The molecule has 0 saturated heterocycles. The summed E-state index contributed by atoms with van der Waals surface area (Å²) in [6, 6.07) is 3.92. The van der Waals surface area contributed by atoms with Crippen LogP contribution in [0, 0.1) is 6.92 Å². The first-order valence-electron chi connectivity index (χ1n) is 6.02.